The van der Waals surface area contributed by atoms with Crippen LogP contribution in [0.1, 0.15) is 155 Å². The molecule has 0 aliphatic rings. The third-order valence-electron chi connectivity index (χ3n) is 8.91. The molecule has 332 valence electrons. The van der Waals surface area contributed by atoms with E-state index in [0.29, 0.717) is 23.9 Å². The monoisotopic (exact) mass is 833 g/mol. The molecule has 0 radical (unpaired) electrons. The van der Waals surface area contributed by atoms with E-state index in [0.717, 1.165) is 89.9 Å². The van der Waals surface area contributed by atoms with Crippen LogP contribution in [0, 0.1) is 0 Å². The Morgan fingerprint density at radius 2 is 0.983 bits per heavy atom. The first kappa shape index (κ1) is 55.2. The summed E-state index contributed by atoms with van der Waals surface area (Å²) in [7, 11) is 1.43. The number of nitrogens with zero attached hydrogens (tertiary/aromatic N) is 1. The van der Waals surface area contributed by atoms with Gasteiger partial charge in [-0.3, -0.25) is 18.6 Å². The molecule has 0 rings (SSSR count). The van der Waals surface area contributed by atoms with E-state index in [9.17, 15) is 19.0 Å². The van der Waals surface area contributed by atoms with Crippen LogP contribution in [0.5, 0.6) is 0 Å². The van der Waals surface area contributed by atoms with Crippen LogP contribution >= 0.6 is 7.82 Å². The van der Waals surface area contributed by atoms with Gasteiger partial charge in [-0.05, 0) is 89.9 Å². The molecule has 1 N–H and O–H groups in total. The molecule has 0 spiro atoms. The van der Waals surface area contributed by atoms with Crippen LogP contribution in [0.4, 0.5) is 0 Å². The van der Waals surface area contributed by atoms with Crippen LogP contribution in [0.15, 0.2) is 85.1 Å². The van der Waals surface area contributed by atoms with Crippen LogP contribution in [-0.4, -0.2) is 74.9 Å². The van der Waals surface area contributed by atoms with Crippen LogP contribution < -0.4 is 0 Å². The lowest BCUT2D eigenvalue weighted by atomic mass is 10.1. The summed E-state index contributed by atoms with van der Waals surface area (Å²) in [6.07, 6.45) is 50.5. The molecule has 0 bridgehead atoms. The zero-order valence-corrected chi connectivity index (χ0v) is 38.1. The van der Waals surface area contributed by atoms with Gasteiger partial charge in [0.15, 0.2) is 6.10 Å². The molecule has 0 saturated carbocycles. The first-order chi connectivity index (χ1) is 28.0. The van der Waals surface area contributed by atoms with Gasteiger partial charge in [0.2, 0.25) is 0 Å². The van der Waals surface area contributed by atoms with E-state index in [1.165, 1.54) is 25.7 Å². The summed E-state index contributed by atoms with van der Waals surface area (Å²) in [4.78, 5) is 35.4. The predicted molar refractivity (Wildman–Crippen MR) is 242 cm³/mol. The van der Waals surface area contributed by atoms with Crippen molar-refractivity contribution < 1.29 is 42.1 Å². The zero-order valence-electron chi connectivity index (χ0n) is 37.2. The van der Waals surface area contributed by atoms with Gasteiger partial charge in [0.1, 0.15) is 19.8 Å². The fraction of sp³-hybridized carbons (Fsp3) is 0.667. The summed E-state index contributed by atoms with van der Waals surface area (Å²) in [6, 6.07) is 0. The van der Waals surface area contributed by atoms with Crippen LogP contribution in [0.2, 0.25) is 0 Å². The highest BCUT2D eigenvalue weighted by Gasteiger charge is 2.27. The second-order valence-electron chi connectivity index (χ2n) is 15.7. The third kappa shape index (κ3) is 42.8. The fourth-order valence-electron chi connectivity index (χ4n) is 5.42. The molecule has 0 amide bonds. The number of carbonyl (C=O) groups is 2. The molecular weight excluding hydrogens is 750 g/mol. The van der Waals surface area contributed by atoms with E-state index in [2.05, 4.69) is 98.9 Å². The number of esters is 2. The van der Waals surface area contributed by atoms with Gasteiger partial charge in [0.25, 0.3) is 0 Å². The Hall–Kier alpha value is -2.81. The lowest BCUT2D eigenvalue weighted by Crippen LogP contribution is -2.37. The minimum Gasteiger partial charge on any atom is -0.462 e. The van der Waals surface area contributed by atoms with E-state index in [-0.39, 0.29) is 26.1 Å². The van der Waals surface area contributed by atoms with E-state index in [1.807, 2.05) is 21.1 Å². The van der Waals surface area contributed by atoms with Crippen molar-refractivity contribution in [3.8, 4) is 0 Å². The van der Waals surface area contributed by atoms with Gasteiger partial charge in [-0.15, -0.1) is 0 Å². The highest BCUT2D eigenvalue weighted by atomic mass is 31.2. The average Bonchev–Trinajstić information content (AvgIpc) is 3.17. The number of hydrogen-bond donors (Lipinski definition) is 1. The Morgan fingerprint density at radius 3 is 1.45 bits per heavy atom. The SMILES string of the molecule is CC/C=C\C/C=C\C/C=C\C/C=C\CCCCCCC(=O)O[C@H](COC(=O)CCCCCC/C=C\C/C=C\C/C=C\CCCCC)COP(=O)(O)OCC[N+](C)(C)C. The number of allylic oxidation sites excluding steroid dienone is 14. The topological polar surface area (TPSA) is 108 Å². The number of unbranched alkanes of at least 4 members (excludes halogenated alkanes) is 11. The van der Waals surface area contributed by atoms with Crippen molar-refractivity contribution in [2.24, 2.45) is 0 Å². The molecule has 1 unspecified atom stereocenters. The number of phosphoric acid groups is 1. The van der Waals surface area contributed by atoms with E-state index < -0.39 is 32.5 Å². The number of quaternary nitrogens is 1. The number of hydrogen-bond acceptors (Lipinski definition) is 7. The maximum Gasteiger partial charge on any atom is 0.472 e. The largest absolute Gasteiger partial charge is 0.472 e. The van der Waals surface area contributed by atoms with Gasteiger partial charge in [-0.2, -0.15) is 0 Å². The molecule has 10 heteroatoms. The summed E-state index contributed by atoms with van der Waals surface area (Å²) < 4.78 is 34.3. The standard InChI is InChI=1S/C48H82NO8P/c1-6-8-10-12-14-16-18-20-22-24-26-28-30-32-34-36-38-40-47(50)54-44-46(45-56-58(52,53)55-43-42-49(3,4)5)57-48(51)41-39-37-35-33-31-29-27-25-23-21-19-17-15-13-11-9-7-2/h9,11,14-17,20-23,26-29,46H,6-8,10,12-13,18-19,24-25,30-45H2,1-5H3/p+1/b11-9-,16-14-,17-15-,22-20-,23-21-,28-26-,29-27-/t46-/m1/s1. The van der Waals surface area contributed by atoms with E-state index in [4.69, 9.17) is 18.5 Å². The fourth-order valence-corrected chi connectivity index (χ4v) is 6.16. The van der Waals surface area contributed by atoms with Crippen molar-refractivity contribution in [1.29, 1.82) is 0 Å². The van der Waals surface area contributed by atoms with Crippen LogP contribution in [0.25, 0.3) is 0 Å². The van der Waals surface area contributed by atoms with Gasteiger partial charge in [-0.1, -0.05) is 137 Å². The Labute approximate surface area is 354 Å². The maximum absolute atomic E-state index is 12.7. The summed E-state index contributed by atoms with van der Waals surface area (Å²) in [5.41, 5.74) is 0. The first-order valence-electron chi connectivity index (χ1n) is 22.3. The summed E-state index contributed by atoms with van der Waals surface area (Å²) in [6.45, 7) is 4.20. The van der Waals surface area contributed by atoms with Gasteiger partial charge >= 0.3 is 19.8 Å². The first-order valence-corrected chi connectivity index (χ1v) is 23.8. The lowest BCUT2D eigenvalue weighted by molar-refractivity contribution is -0.870. The Kier molecular flexibility index (Phi) is 37.7. The van der Waals surface area contributed by atoms with Crippen LogP contribution in [-0.2, 0) is 32.7 Å². The van der Waals surface area contributed by atoms with E-state index >= 15 is 0 Å². The highest BCUT2D eigenvalue weighted by Crippen LogP contribution is 2.43. The van der Waals surface area contributed by atoms with E-state index in [1.54, 1.807) is 0 Å². The number of carbonyl (C=O) groups excluding carboxylic acids is 2. The van der Waals surface area contributed by atoms with Gasteiger partial charge in [0.05, 0.1) is 27.7 Å². The molecule has 0 aliphatic heterocycles. The average molecular weight is 833 g/mol. The molecular formula is C48H83NO8P+. The van der Waals surface area contributed by atoms with Crippen molar-refractivity contribution in [2.75, 3.05) is 47.5 Å². The molecule has 0 aromatic rings. The normalized spacial score (nSPS) is 14.4. The van der Waals surface area contributed by atoms with Crippen molar-refractivity contribution in [1.82, 2.24) is 0 Å². The minimum absolute atomic E-state index is 0.0179. The smallest absolute Gasteiger partial charge is 0.462 e. The number of rotatable bonds is 39. The molecule has 2 atom stereocenters. The second kappa shape index (κ2) is 39.6. The summed E-state index contributed by atoms with van der Waals surface area (Å²) >= 11 is 0. The van der Waals surface area contributed by atoms with Crippen molar-refractivity contribution in [2.45, 2.75) is 161 Å². The quantitative estimate of drug-likeness (QED) is 0.0214. The predicted octanol–water partition coefficient (Wildman–Crippen LogP) is 12.8. The third-order valence-corrected chi connectivity index (χ3v) is 9.89. The van der Waals surface area contributed by atoms with Gasteiger partial charge < -0.3 is 18.9 Å². The number of phosphoric ester groups is 1. The molecule has 0 fully saturated rings. The lowest BCUT2D eigenvalue weighted by Gasteiger charge is -2.24. The Morgan fingerprint density at radius 1 is 0.552 bits per heavy atom. The second-order valence-corrected chi connectivity index (χ2v) is 17.1. The molecule has 0 aliphatic carbocycles. The molecule has 0 heterocycles. The Balaban J connectivity index is 4.46. The Bertz CT molecular complexity index is 1260. The molecule has 0 aromatic heterocycles. The number of likely N-dealkylation sites (N-methyl/N-ethyl adjacent to an activating group) is 1. The summed E-state index contributed by atoms with van der Waals surface area (Å²) in [5.74, 6) is -0.860. The highest BCUT2D eigenvalue weighted by molar-refractivity contribution is 7.47. The zero-order chi connectivity index (χ0) is 42.8. The summed E-state index contributed by atoms with van der Waals surface area (Å²) in [5, 5.41) is 0. The van der Waals surface area contributed by atoms with Gasteiger partial charge in [0, 0.05) is 12.8 Å². The maximum atomic E-state index is 12.7. The number of ether oxygens (including phenoxy) is 2. The van der Waals surface area contributed by atoms with Crippen molar-refractivity contribution in [3.63, 3.8) is 0 Å². The molecule has 58 heavy (non-hydrogen) atoms. The van der Waals surface area contributed by atoms with Crippen molar-refractivity contribution >= 4 is 19.8 Å². The molecule has 0 saturated heterocycles. The molecule has 0 aromatic carbocycles. The van der Waals surface area contributed by atoms with Gasteiger partial charge in [-0.25, -0.2) is 4.57 Å². The van der Waals surface area contributed by atoms with Crippen molar-refractivity contribution in [3.05, 3.63) is 85.1 Å². The minimum atomic E-state index is -4.39. The van der Waals surface area contributed by atoms with Crippen LogP contribution in [0.3, 0.4) is 0 Å². The molecule has 9 nitrogen and oxygen atoms in total.